The highest BCUT2D eigenvalue weighted by molar-refractivity contribution is 9.10. The van der Waals surface area contributed by atoms with Crippen molar-refractivity contribution in [2.45, 2.75) is 38.4 Å². The molecular formula is C23H21BrClF2N3O4. The maximum atomic E-state index is 14.6. The first-order valence-electron chi connectivity index (χ1n) is 10.4. The smallest absolute Gasteiger partial charge is 0.308 e. The highest BCUT2D eigenvalue weighted by Gasteiger charge is 2.41. The van der Waals surface area contributed by atoms with Gasteiger partial charge in [0.2, 0.25) is 5.82 Å². The number of carbonyl (C=O) groups is 1. The second-order valence-corrected chi connectivity index (χ2v) is 8.92. The zero-order valence-corrected chi connectivity index (χ0v) is 20.9. The van der Waals surface area contributed by atoms with Crippen LogP contribution in [0.5, 0.6) is 5.75 Å². The van der Waals surface area contributed by atoms with E-state index < -0.39 is 29.9 Å². The van der Waals surface area contributed by atoms with Crippen LogP contribution in [0.1, 0.15) is 55.3 Å². The van der Waals surface area contributed by atoms with Crippen LogP contribution in [0.3, 0.4) is 0 Å². The van der Waals surface area contributed by atoms with Gasteiger partial charge in [0.15, 0.2) is 5.82 Å². The van der Waals surface area contributed by atoms with Crippen molar-refractivity contribution in [1.82, 2.24) is 14.8 Å². The Labute approximate surface area is 208 Å². The molecule has 1 aliphatic heterocycles. The Morgan fingerprint density at radius 2 is 2.03 bits per heavy atom. The second kappa shape index (κ2) is 9.59. The topological polar surface area (TPSA) is 75.5 Å². The van der Waals surface area contributed by atoms with Gasteiger partial charge in [0.25, 0.3) is 0 Å². The van der Waals surface area contributed by atoms with Crippen LogP contribution in [0.4, 0.5) is 8.78 Å². The van der Waals surface area contributed by atoms with E-state index in [0.717, 1.165) is 6.92 Å². The molecule has 2 aromatic carbocycles. The largest absolute Gasteiger partial charge is 0.496 e. The lowest BCUT2D eigenvalue weighted by Gasteiger charge is -2.24. The van der Waals surface area contributed by atoms with Gasteiger partial charge in [0.1, 0.15) is 18.0 Å². The molecule has 0 radical (unpaired) electrons. The molecule has 2 heterocycles. The molecule has 0 spiro atoms. The molecular weight excluding hydrogens is 536 g/mol. The second-order valence-electron chi connectivity index (χ2n) is 7.69. The first kappa shape index (κ1) is 24.6. The highest BCUT2D eigenvalue weighted by Crippen LogP contribution is 2.46. The molecule has 180 valence electrons. The van der Waals surface area contributed by atoms with E-state index in [1.165, 1.54) is 11.7 Å². The van der Waals surface area contributed by atoms with Crippen LogP contribution in [-0.2, 0) is 20.2 Å². The zero-order valence-electron chi connectivity index (χ0n) is 18.5. The van der Waals surface area contributed by atoms with E-state index in [2.05, 4.69) is 26.1 Å². The van der Waals surface area contributed by atoms with Crippen LogP contribution in [0.25, 0.3) is 5.69 Å². The number of ether oxygens (including phenoxy) is 3. The van der Waals surface area contributed by atoms with Crippen molar-refractivity contribution >= 4 is 33.5 Å². The van der Waals surface area contributed by atoms with Gasteiger partial charge in [0.05, 0.1) is 30.3 Å². The number of rotatable bonds is 6. The lowest BCUT2D eigenvalue weighted by atomic mass is 9.99. The predicted molar refractivity (Wildman–Crippen MR) is 124 cm³/mol. The number of alkyl halides is 2. The fourth-order valence-electron chi connectivity index (χ4n) is 3.90. The van der Waals surface area contributed by atoms with Gasteiger partial charge < -0.3 is 14.2 Å². The minimum Gasteiger partial charge on any atom is -0.496 e. The van der Waals surface area contributed by atoms with E-state index >= 15 is 0 Å². The Bertz CT molecular complexity index is 1230. The molecule has 0 N–H and O–H groups in total. The number of methoxy groups -OCH3 is 1. The molecule has 1 aliphatic rings. The molecule has 4 rings (SSSR count). The number of hydrogen-bond donors (Lipinski definition) is 0. The molecule has 1 aromatic heterocycles. The molecule has 0 bridgehead atoms. The third kappa shape index (κ3) is 4.54. The maximum Gasteiger partial charge on any atom is 0.308 e. The van der Waals surface area contributed by atoms with Gasteiger partial charge in [-0.1, -0.05) is 23.7 Å². The molecule has 11 heteroatoms. The minimum absolute atomic E-state index is 0.0645. The molecule has 0 unspecified atom stereocenters. The third-order valence-electron chi connectivity index (χ3n) is 5.33. The molecule has 34 heavy (non-hydrogen) atoms. The molecule has 0 amide bonds. The summed E-state index contributed by atoms with van der Waals surface area (Å²) in [5.74, 6) is -3.83. The van der Waals surface area contributed by atoms with Crippen molar-refractivity contribution in [3.05, 3.63) is 68.7 Å². The van der Waals surface area contributed by atoms with E-state index in [0.29, 0.717) is 32.1 Å². The van der Waals surface area contributed by atoms with Gasteiger partial charge in [-0.2, -0.15) is 8.78 Å². The average Bonchev–Trinajstić information content (AvgIpc) is 3.18. The number of nitrogens with zero attached hydrogens (tertiary/aromatic N) is 3. The van der Waals surface area contributed by atoms with E-state index in [1.807, 2.05) is 6.07 Å². The van der Waals surface area contributed by atoms with E-state index in [9.17, 15) is 13.6 Å². The van der Waals surface area contributed by atoms with Crippen molar-refractivity contribution in [3.63, 3.8) is 0 Å². The Morgan fingerprint density at radius 1 is 1.26 bits per heavy atom. The first-order valence-corrected chi connectivity index (χ1v) is 11.6. The van der Waals surface area contributed by atoms with Gasteiger partial charge in [-0.25, -0.2) is 0 Å². The molecule has 0 fully saturated rings. The number of carbonyl (C=O) groups excluding carboxylic acids is 1. The molecule has 0 saturated carbocycles. The van der Waals surface area contributed by atoms with Gasteiger partial charge in [0, 0.05) is 23.1 Å². The molecule has 3 aromatic rings. The van der Waals surface area contributed by atoms with Crippen LogP contribution in [0, 0.1) is 0 Å². The summed E-state index contributed by atoms with van der Waals surface area (Å²) in [5, 5.41) is 8.14. The van der Waals surface area contributed by atoms with Crippen molar-refractivity contribution in [2.75, 3.05) is 13.7 Å². The fourth-order valence-corrected chi connectivity index (χ4v) is 4.72. The lowest BCUT2D eigenvalue weighted by molar-refractivity contribution is -0.147. The number of benzene rings is 2. The number of aromatic nitrogens is 3. The van der Waals surface area contributed by atoms with Crippen LogP contribution in [0.15, 0.2) is 40.9 Å². The summed E-state index contributed by atoms with van der Waals surface area (Å²) in [4.78, 5) is 12.4. The van der Waals surface area contributed by atoms with E-state index in [1.54, 1.807) is 37.3 Å². The maximum absolute atomic E-state index is 14.6. The summed E-state index contributed by atoms with van der Waals surface area (Å²) in [6, 6.07) is 10.2. The number of esters is 1. The third-order valence-corrected chi connectivity index (χ3v) is 6.42. The van der Waals surface area contributed by atoms with Crippen molar-refractivity contribution in [2.24, 2.45) is 0 Å². The first-order chi connectivity index (χ1) is 16.2. The van der Waals surface area contributed by atoms with Crippen molar-refractivity contribution < 1.29 is 27.8 Å². The van der Waals surface area contributed by atoms with Crippen molar-refractivity contribution in [1.29, 1.82) is 0 Å². The van der Waals surface area contributed by atoms with Crippen molar-refractivity contribution in [3.8, 4) is 11.4 Å². The zero-order chi connectivity index (χ0) is 24.6. The normalized spacial score (nSPS) is 17.5. The molecule has 0 saturated heterocycles. The minimum atomic E-state index is -3.31. The quantitative estimate of drug-likeness (QED) is 0.351. The van der Waals surface area contributed by atoms with Gasteiger partial charge in [-0.3, -0.25) is 9.36 Å². The van der Waals surface area contributed by atoms with Crippen LogP contribution in [0.2, 0.25) is 5.02 Å². The number of halogens is 4. The van der Waals surface area contributed by atoms with Gasteiger partial charge >= 0.3 is 11.9 Å². The highest BCUT2D eigenvalue weighted by atomic mass is 79.9. The average molecular weight is 557 g/mol. The van der Waals surface area contributed by atoms with Gasteiger partial charge in [-0.05, 0) is 47.1 Å². The molecule has 0 aliphatic carbocycles. The predicted octanol–water partition coefficient (Wildman–Crippen LogP) is 5.92. The standard InChI is InChI=1S/C23H21BrClF2N3O4/c1-4-33-18(31)11-17-21-28-29-22(23(2,26)27)30(21)15-9-8-12(25)10-14(15)20(34-17)13-6-5-7-16(32-3)19(13)24/h5-10,17,20H,4,11H2,1-3H3/t17-,20-/m0/s1. The molecule has 2 atom stereocenters. The SMILES string of the molecule is CCOC(=O)C[C@@H]1O[C@@H](c2cccc(OC)c2Br)c2cc(Cl)ccc2-n2c1nnc2C(C)(F)F. The van der Waals surface area contributed by atoms with Crippen LogP contribution in [-0.4, -0.2) is 34.5 Å². The number of hydrogen-bond acceptors (Lipinski definition) is 6. The van der Waals surface area contributed by atoms with E-state index in [4.69, 9.17) is 25.8 Å². The summed E-state index contributed by atoms with van der Waals surface area (Å²) >= 11 is 9.88. The Morgan fingerprint density at radius 3 is 2.71 bits per heavy atom. The summed E-state index contributed by atoms with van der Waals surface area (Å²) in [7, 11) is 1.53. The summed E-state index contributed by atoms with van der Waals surface area (Å²) in [5.41, 5.74) is 1.52. The Kier molecular flexibility index (Phi) is 6.93. The Hall–Kier alpha value is -2.56. The van der Waals surface area contributed by atoms with Crippen LogP contribution < -0.4 is 4.74 Å². The lowest BCUT2D eigenvalue weighted by Crippen LogP contribution is -2.19. The summed E-state index contributed by atoms with van der Waals surface area (Å²) in [6.45, 7) is 2.58. The summed E-state index contributed by atoms with van der Waals surface area (Å²) < 4.78 is 47.9. The van der Waals surface area contributed by atoms with Crippen LogP contribution >= 0.6 is 27.5 Å². The fraction of sp³-hybridized carbons (Fsp3) is 0.348. The van der Waals surface area contributed by atoms with E-state index in [-0.39, 0.29) is 18.9 Å². The summed E-state index contributed by atoms with van der Waals surface area (Å²) in [6.07, 6.45) is -2.09. The number of fused-ring (bicyclic) bond motifs is 3. The van der Waals surface area contributed by atoms with Gasteiger partial charge in [-0.15, -0.1) is 10.2 Å². The Balaban J connectivity index is 1.98. The monoisotopic (exact) mass is 555 g/mol. The molecule has 7 nitrogen and oxygen atoms in total.